The SMILES string of the molecule is Cc1ccc(C(C)(C)C)cc1N(C)CC(O)CCN. The van der Waals surface area contributed by atoms with Gasteiger partial charge in [-0.2, -0.15) is 0 Å². The first-order chi connectivity index (χ1) is 8.75. The predicted molar refractivity (Wildman–Crippen MR) is 82.8 cm³/mol. The molecule has 0 radical (unpaired) electrons. The summed E-state index contributed by atoms with van der Waals surface area (Å²) >= 11 is 0. The van der Waals surface area contributed by atoms with Crippen molar-refractivity contribution in [1.29, 1.82) is 0 Å². The molecular formula is C16H28N2O. The average Bonchev–Trinajstić information content (AvgIpc) is 2.27. The first-order valence-corrected chi connectivity index (χ1v) is 6.96. The Bertz CT molecular complexity index is 410. The highest BCUT2D eigenvalue weighted by Gasteiger charge is 2.17. The van der Waals surface area contributed by atoms with Gasteiger partial charge in [0.25, 0.3) is 0 Å². The number of likely N-dealkylation sites (N-methyl/N-ethyl adjacent to an activating group) is 1. The number of anilines is 1. The second-order valence-corrected chi connectivity index (χ2v) is 6.36. The lowest BCUT2D eigenvalue weighted by Crippen LogP contribution is -2.31. The molecule has 1 atom stereocenters. The molecule has 0 spiro atoms. The first-order valence-electron chi connectivity index (χ1n) is 6.96. The highest BCUT2D eigenvalue weighted by molar-refractivity contribution is 5.55. The standard InChI is InChI=1S/C16H28N2O/c1-12-6-7-13(16(2,3)4)10-15(12)18(5)11-14(19)8-9-17/h6-7,10,14,19H,8-9,11,17H2,1-5H3. The number of aliphatic hydroxyl groups excluding tert-OH is 1. The molecule has 0 aliphatic rings. The zero-order valence-electron chi connectivity index (χ0n) is 12.9. The molecule has 0 saturated carbocycles. The number of rotatable bonds is 5. The van der Waals surface area contributed by atoms with Crippen molar-refractivity contribution in [3.63, 3.8) is 0 Å². The fourth-order valence-corrected chi connectivity index (χ4v) is 2.19. The van der Waals surface area contributed by atoms with Crippen molar-refractivity contribution in [2.24, 2.45) is 5.73 Å². The number of aryl methyl sites for hydroxylation is 1. The molecule has 0 fully saturated rings. The van der Waals surface area contributed by atoms with Crippen LogP contribution in [0.2, 0.25) is 0 Å². The van der Waals surface area contributed by atoms with Crippen molar-refractivity contribution in [1.82, 2.24) is 0 Å². The Labute approximate surface area is 117 Å². The van der Waals surface area contributed by atoms with Crippen molar-refractivity contribution in [2.75, 3.05) is 25.0 Å². The van der Waals surface area contributed by atoms with E-state index in [4.69, 9.17) is 5.73 Å². The topological polar surface area (TPSA) is 49.5 Å². The van der Waals surface area contributed by atoms with E-state index < -0.39 is 0 Å². The van der Waals surface area contributed by atoms with Crippen molar-refractivity contribution in [2.45, 2.75) is 45.6 Å². The number of hydrogen-bond donors (Lipinski definition) is 2. The van der Waals surface area contributed by atoms with E-state index in [-0.39, 0.29) is 11.5 Å². The summed E-state index contributed by atoms with van der Waals surface area (Å²) in [5.41, 5.74) is 9.34. The monoisotopic (exact) mass is 264 g/mol. The van der Waals surface area contributed by atoms with Gasteiger partial charge in [-0.15, -0.1) is 0 Å². The molecule has 19 heavy (non-hydrogen) atoms. The maximum Gasteiger partial charge on any atom is 0.0726 e. The third kappa shape index (κ3) is 4.51. The van der Waals surface area contributed by atoms with Crippen LogP contribution in [0.3, 0.4) is 0 Å². The quantitative estimate of drug-likeness (QED) is 0.859. The van der Waals surface area contributed by atoms with Crippen LogP contribution in [0.15, 0.2) is 18.2 Å². The Morgan fingerprint density at radius 2 is 1.95 bits per heavy atom. The van der Waals surface area contributed by atoms with Gasteiger partial charge in [0.2, 0.25) is 0 Å². The predicted octanol–water partition coefficient (Wildman–Crippen LogP) is 2.44. The van der Waals surface area contributed by atoms with E-state index in [9.17, 15) is 5.11 Å². The van der Waals surface area contributed by atoms with Crippen molar-refractivity contribution in [3.8, 4) is 0 Å². The molecule has 0 heterocycles. The lowest BCUT2D eigenvalue weighted by Gasteiger charge is -2.27. The summed E-state index contributed by atoms with van der Waals surface area (Å²) in [6.45, 7) is 9.88. The lowest BCUT2D eigenvalue weighted by molar-refractivity contribution is 0.174. The Kier molecular flexibility index (Phi) is 5.39. The maximum atomic E-state index is 9.88. The van der Waals surface area contributed by atoms with Gasteiger partial charge in [0, 0.05) is 19.3 Å². The molecule has 0 amide bonds. The molecule has 0 bridgehead atoms. The highest BCUT2D eigenvalue weighted by atomic mass is 16.3. The smallest absolute Gasteiger partial charge is 0.0726 e. The maximum absolute atomic E-state index is 9.88. The van der Waals surface area contributed by atoms with Gasteiger partial charge >= 0.3 is 0 Å². The minimum atomic E-state index is -0.368. The van der Waals surface area contributed by atoms with Crippen LogP contribution in [0.1, 0.15) is 38.3 Å². The Morgan fingerprint density at radius 1 is 1.32 bits per heavy atom. The van der Waals surface area contributed by atoms with Gasteiger partial charge in [0.15, 0.2) is 0 Å². The summed E-state index contributed by atoms with van der Waals surface area (Å²) in [6, 6.07) is 6.56. The molecule has 0 aliphatic carbocycles. The van der Waals surface area contributed by atoms with Gasteiger partial charge in [0.1, 0.15) is 0 Å². The zero-order chi connectivity index (χ0) is 14.6. The van der Waals surface area contributed by atoms with E-state index in [0.29, 0.717) is 19.5 Å². The van der Waals surface area contributed by atoms with Crippen LogP contribution in [0, 0.1) is 6.92 Å². The van der Waals surface area contributed by atoms with E-state index in [1.165, 1.54) is 16.8 Å². The molecule has 3 N–H and O–H groups in total. The molecule has 3 heteroatoms. The number of nitrogens with two attached hydrogens (primary N) is 1. The second-order valence-electron chi connectivity index (χ2n) is 6.36. The van der Waals surface area contributed by atoms with E-state index in [1.54, 1.807) is 0 Å². The van der Waals surface area contributed by atoms with E-state index in [0.717, 1.165) is 0 Å². The largest absolute Gasteiger partial charge is 0.391 e. The number of hydrogen-bond acceptors (Lipinski definition) is 3. The second kappa shape index (κ2) is 6.40. The minimum absolute atomic E-state index is 0.138. The molecule has 1 aromatic carbocycles. The van der Waals surface area contributed by atoms with Gasteiger partial charge in [-0.1, -0.05) is 32.9 Å². The van der Waals surface area contributed by atoms with Gasteiger partial charge in [-0.3, -0.25) is 0 Å². The normalized spacial score (nSPS) is 13.4. The molecule has 1 unspecified atom stereocenters. The summed E-state index contributed by atoms with van der Waals surface area (Å²) in [5, 5.41) is 9.88. The van der Waals surface area contributed by atoms with Crippen LogP contribution < -0.4 is 10.6 Å². The molecule has 0 aliphatic heterocycles. The van der Waals surface area contributed by atoms with Crippen LogP contribution in [-0.2, 0) is 5.41 Å². The lowest BCUT2D eigenvalue weighted by atomic mass is 9.86. The van der Waals surface area contributed by atoms with Gasteiger partial charge in [-0.25, -0.2) is 0 Å². The van der Waals surface area contributed by atoms with E-state index in [2.05, 4.69) is 50.8 Å². The van der Waals surface area contributed by atoms with Gasteiger partial charge in [0.05, 0.1) is 6.10 Å². The van der Waals surface area contributed by atoms with Crippen LogP contribution >= 0.6 is 0 Å². The number of nitrogens with zero attached hydrogens (tertiary/aromatic N) is 1. The molecule has 0 saturated heterocycles. The van der Waals surface area contributed by atoms with Crippen LogP contribution in [-0.4, -0.2) is 31.3 Å². The third-order valence-corrected chi connectivity index (χ3v) is 3.47. The van der Waals surface area contributed by atoms with Crippen LogP contribution in [0.25, 0.3) is 0 Å². The van der Waals surface area contributed by atoms with E-state index in [1.807, 2.05) is 7.05 Å². The summed E-state index contributed by atoms with van der Waals surface area (Å²) in [4.78, 5) is 2.12. The van der Waals surface area contributed by atoms with Gasteiger partial charge < -0.3 is 15.7 Å². The van der Waals surface area contributed by atoms with Crippen molar-refractivity contribution < 1.29 is 5.11 Å². The van der Waals surface area contributed by atoms with Crippen molar-refractivity contribution >= 4 is 5.69 Å². The van der Waals surface area contributed by atoms with Crippen LogP contribution in [0.4, 0.5) is 5.69 Å². The molecular weight excluding hydrogens is 236 g/mol. The average molecular weight is 264 g/mol. The Morgan fingerprint density at radius 3 is 2.47 bits per heavy atom. The number of benzene rings is 1. The Hall–Kier alpha value is -1.06. The van der Waals surface area contributed by atoms with Crippen LogP contribution in [0.5, 0.6) is 0 Å². The molecule has 108 valence electrons. The molecule has 1 aromatic rings. The summed E-state index contributed by atoms with van der Waals surface area (Å²) in [7, 11) is 2.02. The minimum Gasteiger partial charge on any atom is -0.391 e. The third-order valence-electron chi connectivity index (χ3n) is 3.47. The summed E-state index contributed by atoms with van der Waals surface area (Å²) in [5.74, 6) is 0. The van der Waals surface area contributed by atoms with Crippen molar-refractivity contribution in [3.05, 3.63) is 29.3 Å². The fraction of sp³-hybridized carbons (Fsp3) is 0.625. The molecule has 3 nitrogen and oxygen atoms in total. The zero-order valence-corrected chi connectivity index (χ0v) is 12.9. The van der Waals surface area contributed by atoms with E-state index >= 15 is 0 Å². The number of aliphatic hydroxyl groups is 1. The Balaban J connectivity index is 2.92. The highest BCUT2D eigenvalue weighted by Crippen LogP contribution is 2.28. The first kappa shape index (κ1) is 16.0. The molecule has 1 rings (SSSR count). The van der Waals surface area contributed by atoms with Gasteiger partial charge in [-0.05, 0) is 42.5 Å². The summed E-state index contributed by atoms with van der Waals surface area (Å²) in [6.07, 6.45) is 0.273. The fourth-order valence-electron chi connectivity index (χ4n) is 2.19. The summed E-state index contributed by atoms with van der Waals surface area (Å²) < 4.78 is 0. The molecule has 0 aromatic heterocycles.